The third-order valence-electron chi connectivity index (χ3n) is 5.78. The molecule has 2 fully saturated rings. The van der Waals surface area contributed by atoms with Gasteiger partial charge in [0.1, 0.15) is 0 Å². The van der Waals surface area contributed by atoms with E-state index in [-0.39, 0.29) is 6.47 Å². The number of carboxylic acid groups (broad SMARTS) is 1. The molecule has 0 unspecified atom stereocenters. The summed E-state index contributed by atoms with van der Waals surface area (Å²) in [5, 5.41) is 6.89. The Kier molecular flexibility index (Phi) is 9.13. The van der Waals surface area contributed by atoms with Gasteiger partial charge in [0.25, 0.3) is 6.47 Å². The zero-order valence-corrected chi connectivity index (χ0v) is 16.3. The van der Waals surface area contributed by atoms with E-state index < -0.39 is 0 Å². The van der Waals surface area contributed by atoms with Crippen molar-refractivity contribution in [3.8, 4) is 0 Å². The maximum atomic E-state index is 8.36. The van der Waals surface area contributed by atoms with Gasteiger partial charge in [-0.05, 0) is 43.1 Å². The fourth-order valence-electron chi connectivity index (χ4n) is 3.85. The standard InChI is InChI=1S/C21H33NO.CH2O2/c1-3-17(4-2)15-22-13-12-21(23-16-19-10-11-19)20(22)14-18-8-6-5-7-9-18;2-1-3/h5-9,17,19-21H,3-4,10-16H2,1-2H3;1H,(H,2,3)/t20-,21+;/m0./s1. The first-order valence-electron chi connectivity index (χ1n) is 10.2. The first-order valence-corrected chi connectivity index (χ1v) is 10.2. The van der Waals surface area contributed by atoms with Gasteiger partial charge < -0.3 is 9.84 Å². The summed E-state index contributed by atoms with van der Waals surface area (Å²) in [6.07, 6.45) is 8.13. The molecular weight excluding hydrogens is 326 g/mol. The SMILES string of the molecule is CCC(CC)CN1CC[C@@H](OCC2CC2)[C@@H]1Cc1ccccc1.O=CO. The van der Waals surface area contributed by atoms with E-state index in [2.05, 4.69) is 49.1 Å². The maximum absolute atomic E-state index is 8.36. The fraction of sp³-hybridized carbons (Fsp3) is 0.682. The van der Waals surface area contributed by atoms with Crippen molar-refractivity contribution < 1.29 is 14.6 Å². The summed E-state index contributed by atoms with van der Waals surface area (Å²) in [6, 6.07) is 11.5. The van der Waals surface area contributed by atoms with Crippen molar-refractivity contribution in [2.24, 2.45) is 11.8 Å². The number of nitrogens with zero attached hydrogens (tertiary/aromatic N) is 1. The molecule has 1 heterocycles. The van der Waals surface area contributed by atoms with Gasteiger partial charge in [-0.15, -0.1) is 0 Å². The van der Waals surface area contributed by atoms with Crippen LogP contribution in [-0.2, 0) is 16.0 Å². The highest BCUT2D eigenvalue weighted by Crippen LogP contribution is 2.32. The molecule has 1 aliphatic carbocycles. The lowest BCUT2D eigenvalue weighted by molar-refractivity contribution is -0.122. The molecule has 1 aromatic rings. The molecule has 0 radical (unpaired) electrons. The lowest BCUT2D eigenvalue weighted by atomic mass is 9.99. The number of likely N-dealkylation sites (tertiary alicyclic amines) is 1. The summed E-state index contributed by atoms with van der Waals surface area (Å²) in [7, 11) is 0. The topological polar surface area (TPSA) is 49.8 Å². The van der Waals surface area contributed by atoms with Gasteiger partial charge in [-0.3, -0.25) is 9.69 Å². The highest BCUT2D eigenvalue weighted by Gasteiger charge is 2.36. The van der Waals surface area contributed by atoms with E-state index in [1.165, 1.54) is 50.8 Å². The molecule has 1 N–H and O–H groups in total. The van der Waals surface area contributed by atoms with Crippen molar-refractivity contribution in [1.82, 2.24) is 4.90 Å². The molecule has 0 aromatic heterocycles. The molecule has 0 spiro atoms. The summed E-state index contributed by atoms with van der Waals surface area (Å²) in [6.45, 7) is 7.86. The molecular formula is C22H35NO3. The number of hydrogen-bond acceptors (Lipinski definition) is 3. The van der Waals surface area contributed by atoms with E-state index in [9.17, 15) is 0 Å². The molecule has 26 heavy (non-hydrogen) atoms. The Labute approximate surface area is 158 Å². The second kappa shape index (κ2) is 11.3. The van der Waals surface area contributed by atoms with Gasteiger partial charge in [-0.2, -0.15) is 0 Å². The highest BCUT2D eigenvalue weighted by atomic mass is 16.5. The van der Waals surface area contributed by atoms with Crippen molar-refractivity contribution >= 4 is 6.47 Å². The van der Waals surface area contributed by atoms with Crippen LogP contribution >= 0.6 is 0 Å². The monoisotopic (exact) mass is 361 g/mol. The van der Waals surface area contributed by atoms with Crippen LogP contribution in [0.3, 0.4) is 0 Å². The Bertz CT molecular complexity index is 499. The Morgan fingerprint density at radius 3 is 2.42 bits per heavy atom. The van der Waals surface area contributed by atoms with Gasteiger partial charge in [0.15, 0.2) is 0 Å². The molecule has 1 saturated heterocycles. The van der Waals surface area contributed by atoms with Gasteiger partial charge in [0.05, 0.1) is 6.10 Å². The second-order valence-corrected chi connectivity index (χ2v) is 7.64. The van der Waals surface area contributed by atoms with Crippen molar-refractivity contribution in [3.63, 3.8) is 0 Å². The lowest BCUT2D eigenvalue weighted by Crippen LogP contribution is -2.40. The predicted octanol–water partition coefficient (Wildman–Crippen LogP) is 4.24. The Hall–Kier alpha value is -1.39. The van der Waals surface area contributed by atoms with Crippen LogP contribution < -0.4 is 0 Å². The Balaban J connectivity index is 0.000000758. The molecule has 4 heteroatoms. The van der Waals surface area contributed by atoms with E-state index in [0.29, 0.717) is 12.1 Å². The van der Waals surface area contributed by atoms with Crippen LogP contribution in [0.4, 0.5) is 0 Å². The molecule has 1 aliphatic heterocycles. The van der Waals surface area contributed by atoms with Gasteiger partial charge in [-0.1, -0.05) is 57.0 Å². The average Bonchev–Trinajstić information content (AvgIpc) is 3.42. The second-order valence-electron chi connectivity index (χ2n) is 7.64. The van der Waals surface area contributed by atoms with Crippen molar-refractivity contribution in [1.29, 1.82) is 0 Å². The van der Waals surface area contributed by atoms with Crippen LogP contribution in [-0.4, -0.2) is 48.3 Å². The Morgan fingerprint density at radius 2 is 1.85 bits per heavy atom. The smallest absolute Gasteiger partial charge is 0.290 e. The largest absolute Gasteiger partial charge is 0.483 e. The third-order valence-corrected chi connectivity index (χ3v) is 5.78. The maximum Gasteiger partial charge on any atom is 0.290 e. The molecule has 146 valence electrons. The number of hydrogen-bond donors (Lipinski definition) is 1. The zero-order valence-electron chi connectivity index (χ0n) is 16.3. The van der Waals surface area contributed by atoms with E-state index in [1.807, 2.05) is 0 Å². The molecule has 0 amide bonds. The van der Waals surface area contributed by atoms with Gasteiger partial charge in [0, 0.05) is 25.7 Å². The zero-order chi connectivity index (χ0) is 18.8. The molecule has 2 aliphatic rings. The average molecular weight is 362 g/mol. The normalized spacial score (nSPS) is 22.9. The van der Waals surface area contributed by atoms with Crippen LogP contribution in [0.1, 0.15) is 51.5 Å². The van der Waals surface area contributed by atoms with Crippen LogP contribution in [0.25, 0.3) is 0 Å². The summed E-state index contributed by atoms with van der Waals surface area (Å²) in [5.41, 5.74) is 1.45. The minimum atomic E-state index is -0.250. The minimum Gasteiger partial charge on any atom is -0.483 e. The minimum absolute atomic E-state index is 0.250. The molecule has 0 bridgehead atoms. The Morgan fingerprint density at radius 1 is 1.19 bits per heavy atom. The van der Waals surface area contributed by atoms with Crippen LogP contribution in [0.15, 0.2) is 30.3 Å². The lowest BCUT2D eigenvalue weighted by Gasteiger charge is -2.31. The van der Waals surface area contributed by atoms with E-state index in [4.69, 9.17) is 14.6 Å². The molecule has 1 saturated carbocycles. The van der Waals surface area contributed by atoms with Gasteiger partial charge in [0.2, 0.25) is 0 Å². The molecule has 4 nitrogen and oxygen atoms in total. The van der Waals surface area contributed by atoms with E-state index in [1.54, 1.807) is 0 Å². The summed E-state index contributed by atoms with van der Waals surface area (Å²) in [4.78, 5) is 11.1. The summed E-state index contributed by atoms with van der Waals surface area (Å²) < 4.78 is 6.35. The van der Waals surface area contributed by atoms with Crippen LogP contribution in [0.5, 0.6) is 0 Å². The summed E-state index contributed by atoms with van der Waals surface area (Å²) >= 11 is 0. The summed E-state index contributed by atoms with van der Waals surface area (Å²) in [5.74, 6) is 1.69. The van der Waals surface area contributed by atoms with Crippen molar-refractivity contribution in [2.75, 3.05) is 19.7 Å². The van der Waals surface area contributed by atoms with E-state index in [0.717, 1.165) is 24.9 Å². The van der Waals surface area contributed by atoms with E-state index >= 15 is 0 Å². The van der Waals surface area contributed by atoms with Crippen molar-refractivity contribution in [2.45, 2.75) is 64.5 Å². The first-order chi connectivity index (χ1) is 12.7. The number of carbonyl (C=O) groups is 1. The van der Waals surface area contributed by atoms with Gasteiger partial charge in [-0.25, -0.2) is 0 Å². The first kappa shape index (κ1) is 20.9. The van der Waals surface area contributed by atoms with Crippen LogP contribution in [0, 0.1) is 11.8 Å². The molecule has 2 atom stereocenters. The number of benzene rings is 1. The third kappa shape index (κ3) is 6.73. The molecule has 3 rings (SSSR count). The van der Waals surface area contributed by atoms with Crippen molar-refractivity contribution in [3.05, 3.63) is 35.9 Å². The fourth-order valence-corrected chi connectivity index (χ4v) is 3.85. The predicted molar refractivity (Wildman–Crippen MR) is 105 cm³/mol. The highest BCUT2D eigenvalue weighted by molar-refractivity contribution is 5.32. The van der Waals surface area contributed by atoms with Gasteiger partial charge >= 0.3 is 0 Å². The number of ether oxygens (including phenoxy) is 1. The molecule has 1 aromatic carbocycles. The van der Waals surface area contributed by atoms with Crippen LogP contribution in [0.2, 0.25) is 0 Å². The quantitative estimate of drug-likeness (QED) is 0.669. The number of rotatable bonds is 9.